The lowest BCUT2D eigenvalue weighted by molar-refractivity contribution is -0.0463. The number of nitrogens with zero attached hydrogens (tertiary/aromatic N) is 2. The Bertz CT molecular complexity index is 309. The fourth-order valence-electron chi connectivity index (χ4n) is 4.57. The number of hydrogen-bond acceptors (Lipinski definition) is 4. The number of hydrogen-bond donors (Lipinski definition) is 2. The third-order valence-corrected chi connectivity index (χ3v) is 6.24. The van der Waals surface area contributed by atoms with Crippen molar-refractivity contribution in [2.24, 2.45) is 5.41 Å². The topological polar surface area (TPSA) is 30.5 Å². The van der Waals surface area contributed by atoms with Crippen molar-refractivity contribution in [1.29, 1.82) is 0 Å². The van der Waals surface area contributed by atoms with Crippen LogP contribution >= 0.6 is 0 Å². The van der Waals surface area contributed by atoms with Crippen LogP contribution in [0.1, 0.15) is 38.5 Å². The van der Waals surface area contributed by atoms with Gasteiger partial charge in [-0.3, -0.25) is 0 Å². The molecule has 4 heteroatoms. The van der Waals surface area contributed by atoms with Gasteiger partial charge in [-0.1, -0.05) is 0 Å². The van der Waals surface area contributed by atoms with Gasteiger partial charge in [0.1, 0.15) is 0 Å². The highest BCUT2D eigenvalue weighted by Gasteiger charge is 2.47. The van der Waals surface area contributed by atoms with E-state index >= 15 is 0 Å². The van der Waals surface area contributed by atoms with E-state index in [0.29, 0.717) is 0 Å². The normalized spacial score (nSPS) is 28.9. The van der Waals surface area contributed by atoms with E-state index < -0.39 is 0 Å². The van der Waals surface area contributed by atoms with Crippen LogP contribution in [-0.4, -0.2) is 75.2 Å². The maximum Gasteiger partial charge on any atom is 0.0106 e. The van der Waals surface area contributed by atoms with Crippen LogP contribution < -0.4 is 10.6 Å². The van der Waals surface area contributed by atoms with E-state index in [-0.39, 0.29) is 0 Å². The molecule has 122 valence electrons. The Morgan fingerprint density at radius 2 is 1.67 bits per heavy atom. The Morgan fingerprint density at radius 3 is 2.29 bits per heavy atom. The Labute approximate surface area is 130 Å². The molecular formula is C17H34N4. The summed E-state index contributed by atoms with van der Waals surface area (Å²) < 4.78 is 0. The first kappa shape index (κ1) is 15.7. The summed E-state index contributed by atoms with van der Waals surface area (Å²) in [5.74, 6) is 0. The van der Waals surface area contributed by atoms with Gasteiger partial charge in [-0.25, -0.2) is 0 Å². The van der Waals surface area contributed by atoms with Crippen molar-refractivity contribution >= 4 is 0 Å². The number of piperidine rings is 2. The van der Waals surface area contributed by atoms with Crippen LogP contribution in [0.2, 0.25) is 0 Å². The molecule has 0 bridgehead atoms. The molecule has 2 saturated heterocycles. The van der Waals surface area contributed by atoms with Gasteiger partial charge < -0.3 is 20.4 Å². The first-order valence-electron chi connectivity index (χ1n) is 9.01. The fraction of sp³-hybridized carbons (Fsp3) is 1.00. The largest absolute Gasteiger partial charge is 0.318 e. The van der Waals surface area contributed by atoms with E-state index in [9.17, 15) is 0 Å². The predicted octanol–water partition coefficient (Wildman–Crippen LogP) is 1.13. The van der Waals surface area contributed by atoms with E-state index in [1.54, 1.807) is 0 Å². The van der Waals surface area contributed by atoms with Gasteiger partial charge in [0.25, 0.3) is 0 Å². The third kappa shape index (κ3) is 3.79. The number of nitrogens with one attached hydrogen (secondary N) is 2. The Balaban J connectivity index is 1.35. The zero-order valence-electron chi connectivity index (χ0n) is 14.0. The van der Waals surface area contributed by atoms with Gasteiger partial charge in [-0.05, 0) is 84.2 Å². The van der Waals surface area contributed by atoms with Crippen molar-refractivity contribution in [3.05, 3.63) is 0 Å². The lowest BCUT2D eigenvalue weighted by Gasteiger charge is -2.56. The van der Waals surface area contributed by atoms with Crippen LogP contribution in [0.15, 0.2) is 0 Å². The van der Waals surface area contributed by atoms with Crippen LogP contribution in [0.3, 0.4) is 0 Å². The second-order valence-electron chi connectivity index (χ2n) is 7.73. The summed E-state index contributed by atoms with van der Waals surface area (Å²) in [5.41, 5.74) is 0.735. The molecule has 2 N–H and O–H groups in total. The van der Waals surface area contributed by atoms with Crippen LogP contribution in [0, 0.1) is 5.41 Å². The van der Waals surface area contributed by atoms with E-state index in [2.05, 4.69) is 27.5 Å². The van der Waals surface area contributed by atoms with E-state index in [4.69, 9.17) is 0 Å². The van der Waals surface area contributed by atoms with Crippen molar-refractivity contribution in [2.75, 3.05) is 53.4 Å². The van der Waals surface area contributed by atoms with Crippen molar-refractivity contribution in [3.8, 4) is 0 Å². The molecule has 0 aromatic carbocycles. The van der Waals surface area contributed by atoms with Crippen LogP contribution in [0.5, 0.6) is 0 Å². The van der Waals surface area contributed by atoms with E-state index in [0.717, 1.165) is 30.6 Å². The van der Waals surface area contributed by atoms with Gasteiger partial charge in [0.05, 0.1) is 0 Å². The molecule has 1 aliphatic carbocycles. The van der Waals surface area contributed by atoms with Gasteiger partial charge >= 0.3 is 0 Å². The second kappa shape index (κ2) is 6.95. The van der Waals surface area contributed by atoms with Gasteiger partial charge in [0.15, 0.2) is 0 Å². The predicted molar refractivity (Wildman–Crippen MR) is 88.7 cm³/mol. The van der Waals surface area contributed by atoms with Gasteiger partial charge in [0.2, 0.25) is 0 Å². The molecule has 2 heterocycles. The lowest BCUT2D eigenvalue weighted by Crippen LogP contribution is -2.57. The molecule has 0 radical (unpaired) electrons. The van der Waals surface area contributed by atoms with Crippen molar-refractivity contribution in [1.82, 2.24) is 20.4 Å². The lowest BCUT2D eigenvalue weighted by atomic mass is 9.60. The molecule has 3 aliphatic rings. The van der Waals surface area contributed by atoms with E-state index in [1.165, 1.54) is 64.7 Å². The molecule has 0 unspecified atom stereocenters. The number of likely N-dealkylation sites (N-methyl/N-ethyl adjacent to an activating group) is 1. The quantitative estimate of drug-likeness (QED) is 0.744. The minimum absolute atomic E-state index is 0.735. The summed E-state index contributed by atoms with van der Waals surface area (Å²) in [7, 11) is 4.30. The Kier molecular flexibility index (Phi) is 5.20. The first-order valence-corrected chi connectivity index (χ1v) is 9.01. The summed E-state index contributed by atoms with van der Waals surface area (Å²) in [6, 6.07) is 1.67. The summed E-state index contributed by atoms with van der Waals surface area (Å²) >= 11 is 0. The zero-order chi connectivity index (χ0) is 14.7. The standard InChI is InChI=1S/C17H34N4/c1-18-7-8-19-15-3-9-21(10-4-15)16-13-17(14-16)5-11-20(2)12-6-17/h15-16,18-19H,3-14H2,1-2H3. The van der Waals surface area contributed by atoms with Crippen LogP contribution in [-0.2, 0) is 0 Å². The average Bonchev–Trinajstić information content (AvgIpc) is 2.47. The van der Waals surface area contributed by atoms with Crippen molar-refractivity contribution in [3.63, 3.8) is 0 Å². The molecule has 2 aliphatic heterocycles. The maximum atomic E-state index is 3.69. The van der Waals surface area contributed by atoms with E-state index in [1.807, 2.05) is 7.05 Å². The Hall–Kier alpha value is -0.160. The van der Waals surface area contributed by atoms with Crippen LogP contribution in [0.4, 0.5) is 0 Å². The zero-order valence-corrected chi connectivity index (χ0v) is 14.0. The average molecular weight is 294 g/mol. The molecule has 4 nitrogen and oxygen atoms in total. The number of likely N-dealkylation sites (tertiary alicyclic amines) is 2. The molecule has 0 aromatic rings. The fourth-order valence-corrected chi connectivity index (χ4v) is 4.57. The molecule has 21 heavy (non-hydrogen) atoms. The highest BCUT2D eigenvalue weighted by atomic mass is 15.2. The van der Waals surface area contributed by atoms with Crippen LogP contribution in [0.25, 0.3) is 0 Å². The molecule has 3 fully saturated rings. The molecule has 1 spiro atoms. The van der Waals surface area contributed by atoms with Crippen molar-refractivity contribution < 1.29 is 0 Å². The molecule has 0 amide bonds. The minimum Gasteiger partial charge on any atom is -0.318 e. The SMILES string of the molecule is CNCCNC1CCN(C2CC3(CCN(C)CC3)C2)CC1. The molecule has 3 rings (SSSR count). The molecule has 1 saturated carbocycles. The van der Waals surface area contributed by atoms with Gasteiger partial charge in [-0.15, -0.1) is 0 Å². The highest BCUT2D eigenvalue weighted by Crippen LogP contribution is 2.51. The smallest absolute Gasteiger partial charge is 0.0106 e. The van der Waals surface area contributed by atoms with Gasteiger partial charge in [0, 0.05) is 25.2 Å². The Morgan fingerprint density at radius 1 is 1.00 bits per heavy atom. The number of rotatable bonds is 5. The van der Waals surface area contributed by atoms with Gasteiger partial charge in [-0.2, -0.15) is 0 Å². The molecular weight excluding hydrogens is 260 g/mol. The summed E-state index contributed by atoms with van der Waals surface area (Å²) in [4.78, 5) is 5.29. The molecule has 0 aromatic heterocycles. The summed E-state index contributed by atoms with van der Waals surface area (Å²) in [5, 5.41) is 6.90. The second-order valence-corrected chi connectivity index (χ2v) is 7.73. The summed E-state index contributed by atoms with van der Waals surface area (Å²) in [6.45, 7) is 7.48. The van der Waals surface area contributed by atoms with Crippen molar-refractivity contribution in [2.45, 2.75) is 50.6 Å². The third-order valence-electron chi connectivity index (χ3n) is 6.24. The molecule has 0 atom stereocenters. The minimum atomic E-state index is 0.735. The maximum absolute atomic E-state index is 3.69. The summed E-state index contributed by atoms with van der Waals surface area (Å²) in [6.07, 6.45) is 8.55. The highest BCUT2D eigenvalue weighted by molar-refractivity contribution is 5.01. The first-order chi connectivity index (χ1) is 10.2. The monoisotopic (exact) mass is 294 g/mol.